The van der Waals surface area contributed by atoms with Gasteiger partial charge in [0.2, 0.25) is 0 Å². The summed E-state index contributed by atoms with van der Waals surface area (Å²) in [5.74, 6) is 0.348. The molecule has 0 aromatic carbocycles. The molecular weight excluding hydrogens is 228 g/mol. The van der Waals surface area contributed by atoms with Gasteiger partial charge in [-0.1, -0.05) is 13.8 Å². The molecule has 5 atom stereocenters. The zero-order chi connectivity index (χ0) is 12.3. The van der Waals surface area contributed by atoms with Crippen molar-refractivity contribution < 1.29 is 14.6 Å². The minimum Gasteiger partial charge on any atom is -0.459 e. The molecule has 2 aliphatic carbocycles. The summed E-state index contributed by atoms with van der Waals surface area (Å²) in [6, 6.07) is 0. The zero-order valence-corrected chi connectivity index (χ0v) is 10.9. The highest BCUT2D eigenvalue weighted by atomic mass is 35.5. The summed E-state index contributed by atoms with van der Waals surface area (Å²) in [6.45, 7) is 7.48. The van der Waals surface area contributed by atoms with Gasteiger partial charge in [-0.2, -0.15) is 0 Å². The molecule has 4 heteroatoms. The van der Waals surface area contributed by atoms with Gasteiger partial charge in [0.25, 0.3) is 0 Å². The average Bonchev–Trinajstić information content (AvgIpc) is 2.61. The van der Waals surface area contributed by atoms with E-state index in [1.54, 1.807) is 0 Å². The predicted molar refractivity (Wildman–Crippen MR) is 61.2 cm³/mol. The Balaban J connectivity index is 2.23. The summed E-state index contributed by atoms with van der Waals surface area (Å²) >= 11 is 6.31. The molecule has 0 saturated heterocycles. The molecule has 16 heavy (non-hydrogen) atoms. The summed E-state index contributed by atoms with van der Waals surface area (Å²) in [5.41, 5.74) is 0.119. The largest absolute Gasteiger partial charge is 0.459 e. The number of rotatable bonds is 1. The van der Waals surface area contributed by atoms with E-state index >= 15 is 0 Å². The molecule has 2 saturated carbocycles. The second kappa shape index (κ2) is 3.36. The third-order valence-electron chi connectivity index (χ3n) is 4.34. The Bertz CT molecular complexity index is 322. The Kier molecular flexibility index (Phi) is 2.56. The van der Waals surface area contributed by atoms with Crippen LogP contribution in [0.25, 0.3) is 0 Å². The highest BCUT2D eigenvalue weighted by Gasteiger charge is 2.69. The third kappa shape index (κ3) is 1.65. The number of aliphatic hydroxyl groups is 1. The molecule has 0 bridgehead atoms. The first kappa shape index (κ1) is 12.2. The highest BCUT2D eigenvalue weighted by molar-refractivity contribution is 6.24. The van der Waals surface area contributed by atoms with Gasteiger partial charge in [-0.25, -0.2) is 0 Å². The van der Waals surface area contributed by atoms with Crippen LogP contribution in [-0.2, 0) is 9.53 Å². The second-order valence-corrected chi connectivity index (χ2v) is 6.82. The molecule has 0 amide bonds. The van der Waals surface area contributed by atoms with Crippen LogP contribution in [-0.4, -0.2) is 28.2 Å². The van der Waals surface area contributed by atoms with Gasteiger partial charge in [-0.3, -0.25) is 4.79 Å². The van der Waals surface area contributed by atoms with E-state index in [-0.39, 0.29) is 17.3 Å². The van der Waals surface area contributed by atoms with Crippen LogP contribution in [0.1, 0.15) is 34.1 Å². The number of halogens is 1. The smallest absolute Gasteiger partial charge is 0.303 e. The van der Waals surface area contributed by atoms with Crippen molar-refractivity contribution in [2.45, 2.75) is 51.2 Å². The Morgan fingerprint density at radius 3 is 2.50 bits per heavy atom. The number of carbonyl (C=O) groups is 1. The van der Waals surface area contributed by atoms with Crippen LogP contribution in [0.3, 0.4) is 0 Å². The molecule has 0 aromatic heterocycles. The molecular formula is C12H19ClO3. The van der Waals surface area contributed by atoms with Crippen LogP contribution in [0.15, 0.2) is 0 Å². The van der Waals surface area contributed by atoms with Gasteiger partial charge in [-0.15, -0.1) is 11.6 Å². The Labute approximate surface area is 101 Å². The molecule has 0 aromatic rings. The van der Waals surface area contributed by atoms with Crippen molar-refractivity contribution >= 4 is 17.6 Å². The fourth-order valence-corrected chi connectivity index (χ4v) is 3.54. The van der Waals surface area contributed by atoms with Gasteiger partial charge in [-0.05, 0) is 24.7 Å². The number of alkyl halides is 1. The fraction of sp³-hybridized carbons (Fsp3) is 0.917. The van der Waals surface area contributed by atoms with E-state index < -0.39 is 17.1 Å². The van der Waals surface area contributed by atoms with E-state index in [2.05, 4.69) is 13.8 Å². The maximum atomic E-state index is 11.1. The van der Waals surface area contributed by atoms with Gasteiger partial charge in [0.05, 0.1) is 4.87 Å². The quantitative estimate of drug-likeness (QED) is 0.568. The van der Waals surface area contributed by atoms with Gasteiger partial charge < -0.3 is 9.84 Å². The van der Waals surface area contributed by atoms with Crippen LogP contribution in [0.2, 0.25) is 0 Å². The van der Waals surface area contributed by atoms with Crippen molar-refractivity contribution in [1.82, 2.24) is 0 Å². The maximum absolute atomic E-state index is 11.1. The molecule has 3 nitrogen and oxygen atoms in total. The number of aliphatic hydroxyl groups excluding tert-OH is 1. The molecule has 0 radical (unpaired) electrons. The zero-order valence-electron chi connectivity index (χ0n) is 10.2. The Hall–Kier alpha value is -0.280. The Morgan fingerprint density at radius 2 is 2.00 bits per heavy atom. The lowest BCUT2D eigenvalue weighted by Crippen LogP contribution is -2.49. The lowest BCUT2D eigenvalue weighted by atomic mass is 9.85. The second-order valence-electron chi connectivity index (χ2n) is 5.95. The molecule has 2 fully saturated rings. The monoisotopic (exact) mass is 246 g/mol. The van der Waals surface area contributed by atoms with Crippen molar-refractivity contribution in [2.24, 2.45) is 17.3 Å². The first-order chi connectivity index (χ1) is 7.18. The molecule has 0 aliphatic heterocycles. The van der Waals surface area contributed by atoms with Crippen molar-refractivity contribution in [2.75, 3.05) is 0 Å². The minimum atomic E-state index is -0.777. The molecule has 0 unspecified atom stereocenters. The van der Waals surface area contributed by atoms with Crippen molar-refractivity contribution in [1.29, 1.82) is 0 Å². The van der Waals surface area contributed by atoms with Crippen molar-refractivity contribution in [3.8, 4) is 0 Å². The average molecular weight is 247 g/mol. The van der Waals surface area contributed by atoms with E-state index in [9.17, 15) is 9.90 Å². The van der Waals surface area contributed by atoms with Gasteiger partial charge >= 0.3 is 5.97 Å². The fourth-order valence-electron chi connectivity index (χ4n) is 3.25. The first-order valence-corrected chi connectivity index (χ1v) is 6.10. The topological polar surface area (TPSA) is 46.5 Å². The number of esters is 1. The van der Waals surface area contributed by atoms with Crippen LogP contribution in [0.4, 0.5) is 0 Å². The number of carbonyl (C=O) groups excluding carboxylic acids is 1. The lowest BCUT2D eigenvalue weighted by molar-refractivity contribution is -0.158. The van der Waals surface area contributed by atoms with E-state index in [1.165, 1.54) is 6.92 Å². The Morgan fingerprint density at radius 1 is 1.44 bits per heavy atom. The van der Waals surface area contributed by atoms with E-state index in [0.717, 1.165) is 6.42 Å². The molecule has 1 N–H and O–H groups in total. The summed E-state index contributed by atoms with van der Waals surface area (Å²) in [5, 5.41) is 10.2. The van der Waals surface area contributed by atoms with E-state index in [4.69, 9.17) is 16.3 Å². The first-order valence-electron chi connectivity index (χ1n) is 5.72. The number of hydrogen-bond acceptors (Lipinski definition) is 3. The minimum absolute atomic E-state index is 0.119. The van der Waals surface area contributed by atoms with Crippen LogP contribution >= 0.6 is 11.6 Å². The lowest BCUT2D eigenvalue weighted by Gasteiger charge is -2.37. The number of fused-ring (bicyclic) bond motifs is 1. The standard InChI is InChI=1S/C12H19ClO3/c1-6(14)16-9-8-7(11(8,2)3)5-12(4,13)10(9)15/h7-10,15H,5H2,1-4H3/t7-,8-,9+,10+,12+/m0/s1. The van der Waals surface area contributed by atoms with Crippen molar-refractivity contribution in [3.05, 3.63) is 0 Å². The third-order valence-corrected chi connectivity index (χ3v) is 4.72. The molecule has 2 aliphatic rings. The molecule has 92 valence electrons. The molecule has 0 spiro atoms. The van der Waals surface area contributed by atoms with E-state index in [0.29, 0.717) is 5.92 Å². The summed E-state index contributed by atoms with van der Waals surface area (Å²) in [6.07, 6.45) is -0.444. The number of ether oxygens (including phenoxy) is 1. The normalized spacial score (nSPS) is 49.4. The molecule has 0 heterocycles. The van der Waals surface area contributed by atoms with Gasteiger partial charge in [0.15, 0.2) is 0 Å². The van der Waals surface area contributed by atoms with Crippen LogP contribution < -0.4 is 0 Å². The van der Waals surface area contributed by atoms with E-state index in [1.807, 2.05) is 6.92 Å². The number of hydrogen-bond donors (Lipinski definition) is 1. The predicted octanol–water partition coefficient (Wildman–Crippen LogP) is 1.95. The molecule has 2 rings (SSSR count). The van der Waals surface area contributed by atoms with Crippen LogP contribution in [0, 0.1) is 17.3 Å². The summed E-state index contributed by atoms with van der Waals surface area (Å²) in [7, 11) is 0. The summed E-state index contributed by atoms with van der Waals surface area (Å²) < 4.78 is 5.26. The van der Waals surface area contributed by atoms with Gasteiger partial charge in [0, 0.05) is 12.8 Å². The summed E-state index contributed by atoms with van der Waals surface area (Å²) in [4.78, 5) is 10.4. The highest BCUT2D eigenvalue weighted by Crippen LogP contribution is 2.67. The van der Waals surface area contributed by atoms with Gasteiger partial charge in [0.1, 0.15) is 12.2 Å². The SMILES string of the molecule is CC(=O)O[C@@H]1[C@@H]2[C@H](C[C@@](C)(Cl)[C@@H]1O)C2(C)C. The van der Waals surface area contributed by atoms with Crippen LogP contribution in [0.5, 0.6) is 0 Å². The van der Waals surface area contributed by atoms with Crippen molar-refractivity contribution in [3.63, 3.8) is 0 Å². The maximum Gasteiger partial charge on any atom is 0.303 e.